The normalized spacial score (nSPS) is 18.1. The molecule has 0 bridgehead atoms. The summed E-state index contributed by atoms with van der Waals surface area (Å²) in [5.74, 6) is 0.799. The van der Waals surface area contributed by atoms with Crippen molar-refractivity contribution in [1.29, 1.82) is 0 Å². The Labute approximate surface area is 125 Å². The van der Waals surface area contributed by atoms with E-state index in [2.05, 4.69) is 19.2 Å². The number of carbonyl (C=O) groups excluding carboxylic acids is 2. The van der Waals surface area contributed by atoms with E-state index in [-0.39, 0.29) is 24.2 Å². The maximum Gasteiger partial charge on any atom is 0.234 e. The van der Waals surface area contributed by atoms with Crippen molar-refractivity contribution >= 4 is 11.8 Å². The van der Waals surface area contributed by atoms with Crippen LogP contribution in [0.3, 0.4) is 0 Å². The maximum absolute atomic E-state index is 11.6. The highest BCUT2D eigenvalue weighted by Gasteiger charge is 2.31. The first-order valence-electron chi connectivity index (χ1n) is 7.62. The second kappa shape index (κ2) is 7.25. The minimum absolute atomic E-state index is 0.199. The molecule has 2 amide bonds. The maximum atomic E-state index is 11.6. The van der Waals surface area contributed by atoms with Crippen LogP contribution in [0.4, 0.5) is 0 Å². The van der Waals surface area contributed by atoms with Gasteiger partial charge in [-0.1, -0.05) is 32.4 Å². The van der Waals surface area contributed by atoms with Crippen LogP contribution in [0.1, 0.15) is 51.0 Å². The van der Waals surface area contributed by atoms with Crippen molar-refractivity contribution in [3.63, 3.8) is 0 Å². The Hall–Kier alpha value is -1.84. The SMILES string of the molecule is CC(C)CCCCOc1ccc([C@H]2CC(=O)NC2=O)cc1. The number of imide groups is 1. The van der Waals surface area contributed by atoms with Crippen molar-refractivity contribution in [2.24, 2.45) is 5.92 Å². The Morgan fingerprint density at radius 1 is 1.19 bits per heavy atom. The summed E-state index contributed by atoms with van der Waals surface area (Å²) in [4.78, 5) is 22.8. The summed E-state index contributed by atoms with van der Waals surface area (Å²) < 4.78 is 5.69. The predicted octanol–water partition coefficient (Wildman–Crippen LogP) is 3.02. The Balaban J connectivity index is 1.79. The van der Waals surface area contributed by atoms with E-state index in [1.165, 1.54) is 12.8 Å². The number of unbranched alkanes of at least 4 members (excludes halogenated alkanes) is 1. The molecular weight excluding hydrogens is 266 g/mol. The van der Waals surface area contributed by atoms with E-state index in [4.69, 9.17) is 4.74 Å². The molecule has 1 aromatic rings. The van der Waals surface area contributed by atoms with E-state index in [0.717, 1.165) is 23.7 Å². The van der Waals surface area contributed by atoms with Crippen LogP contribution in [0.15, 0.2) is 24.3 Å². The number of hydrogen-bond donors (Lipinski definition) is 1. The van der Waals surface area contributed by atoms with Crippen LogP contribution in [-0.2, 0) is 9.59 Å². The summed E-state index contributed by atoms with van der Waals surface area (Å²) in [7, 11) is 0. The first kappa shape index (κ1) is 15.5. The molecule has 114 valence electrons. The highest BCUT2D eigenvalue weighted by molar-refractivity contribution is 6.06. The summed E-state index contributed by atoms with van der Waals surface area (Å²) in [6.45, 7) is 5.17. The molecular formula is C17H23NO3. The average Bonchev–Trinajstić information content (AvgIpc) is 2.78. The Morgan fingerprint density at radius 3 is 2.48 bits per heavy atom. The average molecular weight is 289 g/mol. The van der Waals surface area contributed by atoms with Gasteiger partial charge in [0.1, 0.15) is 5.75 Å². The highest BCUT2D eigenvalue weighted by Crippen LogP contribution is 2.26. The van der Waals surface area contributed by atoms with Gasteiger partial charge in [0.15, 0.2) is 0 Å². The number of amides is 2. The van der Waals surface area contributed by atoms with E-state index in [1.807, 2.05) is 24.3 Å². The molecule has 0 spiro atoms. The van der Waals surface area contributed by atoms with Crippen molar-refractivity contribution < 1.29 is 14.3 Å². The first-order chi connectivity index (χ1) is 10.1. The van der Waals surface area contributed by atoms with Gasteiger partial charge < -0.3 is 4.74 Å². The fourth-order valence-corrected chi connectivity index (χ4v) is 2.46. The lowest BCUT2D eigenvalue weighted by Gasteiger charge is -2.10. The summed E-state index contributed by atoms with van der Waals surface area (Å²) in [6, 6.07) is 7.47. The minimum atomic E-state index is -0.349. The van der Waals surface area contributed by atoms with Gasteiger partial charge in [-0.2, -0.15) is 0 Å². The highest BCUT2D eigenvalue weighted by atomic mass is 16.5. The number of benzene rings is 1. The fourth-order valence-electron chi connectivity index (χ4n) is 2.46. The van der Waals surface area contributed by atoms with Crippen molar-refractivity contribution in [3.8, 4) is 5.75 Å². The van der Waals surface area contributed by atoms with Gasteiger partial charge in [-0.05, 0) is 36.5 Å². The first-order valence-corrected chi connectivity index (χ1v) is 7.62. The molecule has 1 aromatic carbocycles. The molecule has 0 saturated carbocycles. The molecule has 1 aliphatic rings. The quantitative estimate of drug-likeness (QED) is 0.620. The molecule has 1 N–H and O–H groups in total. The van der Waals surface area contributed by atoms with E-state index in [9.17, 15) is 9.59 Å². The zero-order valence-corrected chi connectivity index (χ0v) is 12.7. The molecule has 2 rings (SSSR count). The number of nitrogens with one attached hydrogen (secondary N) is 1. The minimum Gasteiger partial charge on any atom is -0.494 e. The molecule has 1 heterocycles. The zero-order valence-electron chi connectivity index (χ0n) is 12.7. The summed E-state index contributed by atoms with van der Waals surface area (Å²) in [5, 5.41) is 2.33. The van der Waals surface area contributed by atoms with Gasteiger partial charge in [-0.25, -0.2) is 0 Å². The molecule has 0 aromatic heterocycles. The monoisotopic (exact) mass is 289 g/mol. The lowest BCUT2D eigenvalue weighted by molar-refractivity contribution is -0.125. The summed E-state index contributed by atoms with van der Waals surface area (Å²) in [6.07, 6.45) is 3.71. The summed E-state index contributed by atoms with van der Waals surface area (Å²) in [5.41, 5.74) is 0.866. The van der Waals surface area contributed by atoms with Crippen LogP contribution in [0.25, 0.3) is 0 Å². The number of ether oxygens (including phenoxy) is 1. The Kier molecular flexibility index (Phi) is 5.37. The van der Waals surface area contributed by atoms with Gasteiger partial charge >= 0.3 is 0 Å². The van der Waals surface area contributed by atoms with Crippen molar-refractivity contribution in [3.05, 3.63) is 29.8 Å². The molecule has 1 aliphatic heterocycles. The lowest BCUT2D eigenvalue weighted by atomic mass is 9.98. The molecule has 21 heavy (non-hydrogen) atoms. The third-order valence-corrected chi connectivity index (χ3v) is 3.70. The topological polar surface area (TPSA) is 55.4 Å². The van der Waals surface area contributed by atoms with Crippen molar-refractivity contribution in [2.45, 2.75) is 45.4 Å². The number of carbonyl (C=O) groups is 2. The largest absolute Gasteiger partial charge is 0.494 e. The van der Waals surface area contributed by atoms with E-state index in [0.29, 0.717) is 6.61 Å². The van der Waals surface area contributed by atoms with Gasteiger partial charge in [-0.3, -0.25) is 14.9 Å². The van der Waals surface area contributed by atoms with Gasteiger partial charge in [0.2, 0.25) is 11.8 Å². The molecule has 0 aliphatic carbocycles. The van der Waals surface area contributed by atoms with Crippen LogP contribution < -0.4 is 10.1 Å². The molecule has 1 atom stereocenters. The summed E-state index contributed by atoms with van der Waals surface area (Å²) >= 11 is 0. The van der Waals surface area contributed by atoms with Crippen LogP contribution in [0.2, 0.25) is 0 Å². The van der Waals surface area contributed by atoms with E-state index >= 15 is 0 Å². The van der Waals surface area contributed by atoms with Gasteiger partial charge in [0.25, 0.3) is 0 Å². The number of rotatable bonds is 7. The molecule has 0 radical (unpaired) electrons. The third kappa shape index (κ3) is 4.59. The second-order valence-electron chi connectivity index (χ2n) is 5.98. The Bertz CT molecular complexity index is 493. The Morgan fingerprint density at radius 2 is 1.90 bits per heavy atom. The van der Waals surface area contributed by atoms with Crippen LogP contribution in [0, 0.1) is 5.92 Å². The second-order valence-corrected chi connectivity index (χ2v) is 5.98. The van der Waals surface area contributed by atoms with Crippen LogP contribution in [0.5, 0.6) is 5.75 Å². The van der Waals surface area contributed by atoms with Crippen LogP contribution in [-0.4, -0.2) is 18.4 Å². The molecule has 0 unspecified atom stereocenters. The third-order valence-electron chi connectivity index (χ3n) is 3.70. The smallest absolute Gasteiger partial charge is 0.234 e. The number of hydrogen-bond acceptors (Lipinski definition) is 3. The molecule has 4 nitrogen and oxygen atoms in total. The predicted molar refractivity (Wildman–Crippen MR) is 81.1 cm³/mol. The zero-order chi connectivity index (χ0) is 15.2. The van der Waals surface area contributed by atoms with Crippen molar-refractivity contribution in [1.82, 2.24) is 5.32 Å². The van der Waals surface area contributed by atoms with Gasteiger partial charge in [0, 0.05) is 6.42 Å². The fraction of sp³-hybridized carbons (Fsp3) is 0.529. The van der Waals surface area contributed by atoms with Crippen LogP contribution >= 0.6 is 0 Å². The lowest BCUT2D eigenvalue weighted by Crippen LogP contribution is -2.21. The van der Waals surface area contributed by atoms with Gasteiger partial charge in [0.05, 0.1) is 12.5 Å². The molecule has 1 saturated heterocycles. The van der Waals surface area contributed by atoms with E-state index in [1.54, 1.807) is 0 Å². The van der Waals surface area contributed by atoms with Crippen molar-refractivity contribution in [2.75, 3.05) is 6.61 Å². The molecule has 4 heteroatoms. The standard InChI is InChI=1S/C17H23NO3/c1-12(2)5-3-4-10-21-14-8-6-13(7-9-14)15-11-16(19)18-17(15)20/h6-9,12,15H,3-5,10-11H2,1-2H3,(H,18,19,20)/t15-/m1/s1. The van der Waals surface area contributed by atoms with Gasteiger partial charge in [-0.15, -0.1) is 0 Å². The van der Waals surface area contributed by atoms with E-state index < -0.39 is 0 Å². The molecule has 1 fully saturated rings.